The number of halogens is 1. The summed E-state index contributed by atoms with van der Waals surface area (Å²) in [5.41, 5.74) is 6.62. The van der Waals surface area contributed by atoms with Gasteiger partial charge < -0.3 is 15.0 Å². The van der Waals surface area contributed by atoms with Crippen molar-refractivity contribution in [3.05, 3.63) is 35.1 Å². The molecule has 6 heteroatoms. The van der Waals surface area contributed by atoms with Crippen molar-refractivity contribution in [1.29, 1.82) is 0 Å². The van der Waals surface area contributed by atoms with Crippen LogP contribution in [0.4, 0.5) is 0 Å². The molecule has 1 heterocycles. The Labute approximate surface area is 116 Å². The molecule has 0 aliphatic rings. The molecule has 0 bridgehead atoms. The molecular weight excluding hydrogens is 266 g/mol. The maximum Gasteiger partial charge on any atom is 0.259 e. The Morgan fingerprint density at radius 1 is 1.42 bits per heavy atom. The van der Waals surface area contributed by atoms with E-state index in [0.717, 1.165) is 6.42 Å². The van der Waals surface area contributed by atoms with Gasteiger partial charge in [0.2, 0.25) is 0 Å². The maximum atomic E-state index is 6.07. The SMILES string of the molecule is CCCOCC(N)c1noc(-c2ccccc2Cl)n1. The molecule has 102 valence electrons. The van der Waals surface area contributed by atoms with Gasteiger partial charge in [0.25, 0.3) is 5.89 Å². The minimum atomic E-state index is -0.397. The molecule has 5 nitrogen and oxygen atoms in total. The van der Waals surface area contributed by atoms with Crippen LogP contribution in [0.3, 0.4) is 0 Å². The van der Waals surface area contributed by atoms with Gasteiger partial charge in [-0.2, -0.15) is 4.98 Å². The number of benzene rings is 1. The van der Waals surface area contributed by atoms with Crippen LogP contribution in [0.25, 0.3) is 11.5 Å². The van der Waals surface area contributed by atoms with Crippen LogP contribution < -0.4 is 5.73 Å². The monoisotopic (exact) mass is 281 g/mol. The molecule has 1 aromatic carbocycles. The molecule has 1 atom stereocenters. The molecule has 19 heavy (non-hydrogen) atoms. The van der Waals surface area contributed by atoms with Crippen molar-refractivity contribution >= 4 is 11.6 Å². The van der Waals surface area contributed by atoms with Crippen molar-refractivity contribution in [3.8, 4) is 11.5 Å². The van der Waals surface area contributed by atoms with Crippen LogP contribution in [0.1, 0.15) is 25.2 Å². The zero-order chi connectivity index (χ0) is 13.7. The first-order valence-electron chi connectivity index (χ1n) is 6.14. The molecule has 0 amide bonds. The quantitative estimate of drug-likeness (QED) is 0.824. The molecule has 1 aromatic heterocycles. The highest BCUT2D eigenvalue weighted by Crippen LogP contribution is 2.26. The van der Waals surface area contributed by atoms with Crippen LogP contribution in [0.2, 0.25) is 5.02 Å². The fourth-order valence-electron chi connectivity index (χ4n) is 1.56. The van der Waals surface area contributed by atoms with Gasteiger partial charge in [-0.1, -0.05) is 35.8 Å². The van der Waals surface area contributed by atoms with Crippen LogP contribution in [-0.2, 0) is 4.74 Å². The third-order valence-corrected chi connectivity index (χ3v) is 2.85. The van der Waals surface area contributed by atoms with E-state index < -0.39 is 6.04 Å². The Balaban J connectivity index is 2.09. The molecule has 0 saturated heterocycles. The van der Waals surface area contributed by atoms with Crippen LogP contribution in [0, 0.1) is 0 Å². The highest BCUT2D eigenvalue weighted by Gasteiger charge is 2.16. The number of hydrogen-bond donors (Lipinski definition) is 1. The van der Waals surface area contributed by atoms with Gasteiger partial charge in [0.1, 0.15) is 0 Å². The summed E-state index contributed by atoms with van der Waals surface area (Å²) < 4.78 is 10.5. The lowest BCUT2D eigenvalue weighted by molar-refractivity contribution is 0.119. The Bertz CT molecular complexity index is 530. The lowest BCUT2D eigenvalue weighted by Gasteiger charge is -2.06. The van der Waals surface area contributed by atoms with E-state index in [0.29, 0.717) is 35.5 Å². The Kier molecular flexibility index (Phi) is 4.90. The first kappa shape index (κ1) is 14.0. The van der Waals surface area contributed by atoms with Crippen molar-refractivity contribution in [1.82, 2.24) is 10.1 Å². The molecule has 2 aromatic rings. The second kappa shape index (κ2) is 6.65. The van der Waals surface area contributed by atoms with E-state index in [2.05, 4.69) is 10.1 Å². The Hall–Kier alpha value is -1.43. The van der Waals surface area contributed by atoms with Gasteiger partial charge in [0.05, 0.1) is 23.2 Å². The molecule has 2 N–H and O–H groups in total. The minimum Gasteiger partial charge on any atom is -0.379 e. The average molecular weight is 282 g/mol. The molecule has 0 spiro atoms. The molecule has 0 saturated carbocycles. The fraction of sp³-hybridized carbons (Fsp3) is 0.385. The summed E-state index contributed by atoms with van der Waals surface area (Å²) in [5, 5.41) is 4.43. The highest BCUT2D eigenvalue weighted by molar-refractivity contribution is 6.33. The summed E-state index contributed by atoms with van der Waals surface area (Å²) in [4.78, 5) is 4.25. The van der Waals surface area contributed by atoms with Gasteiger partial charge in [0, 0.05) is 6.61 Å². The number of ether oxygens (including phenoxy) is 1. The van der Waals surface area contributed by atoms with E-state index in [1.807, 2.05) is 25.1 Å². The van der Waals surface area contributed by atoms with Crippen LogP contribution in [0.15, 0.2) is 28.8 Å². The summed E-state index contributed by atoms with van der Waals surface area (Å²) in [6.07, 6.45) is 0.948. The molecule has 2 rings (SSSR count). The average Bonchev–Trinajstić information content (AvgIpc) is 2.89. The number of aromatic nitrogens is 2. The Morgan fingerprint density at radius 2 is 2.21 bits per heavy atom. The van der Waals surface area contributed by atoms with Crippen LogP contribution >= 0.6 is 11.6 Å². The third-order valence-electron chi connectivity index (χ3n) is 2.52. The minimum absolute atomic E-state index is 0.367. The highest BCUT2D eigenvalue weighted by atomic mass is 35.5. The predicted molar refractivity (Wildman–Crippen MR) is 72.8 cm³/mol. The zero-order valence-electron chi connectivity index (χ0n) is 10.7. The van der Waals surface area contributed by atoms with E-state index in [-0.39, 0.29) is 0 Å². The van der Waals surface area contributed by atoms with E-state index in [9.17, 15) is 0 Å². The van der Waals surface area contributed by atoms with Crippen molar-refractivity contribution in [2.75, 3.05) is 13.2 Å². The summed E-state index contributed by atoms with van der Waals surface area (Å²) in [6, 6.07) is 6.89. The number of nitrogens with two attached hydrogens (primary N) is 1. The van der Waals surface area contributed by atoms with Crippen LogP contribution in [-0.4, -0.2) is 23.4 Å². The lowest BCUT2D eigenvalue weighted by atomic mass is 10.2. The third kappa shape index (κ3) is 3.53. The van der Waals surface area contributed by atoms with Crippen LogP contribution in [0.5, 0.6) is 0 Å². The number of hydrogen-bond acceptors (Lipinski definition) is 5. The zero-order valence-corrected chi connectivity index (χ0v) is 11.4. The fourth-order valence-corrected chi connectivity index (χ4v) is 1.78. The molecule has 0 aliphatic carbocycles. The molecule has 1 unspecified atom stereocenters. The molecule has 0 fully saturated rings. The molecule has 0 radical (unpaired) electrons. The summed E-state index contributed by atoms with van der Waals surface area (Å²) in [6.45, 7) is 3.08. The van der Waals surface area contributed by atoms with E-state index in [1.165, 1.54) is 0 Å². The first-order valence-corrected chi connectivity index (χ1v) is 6.52. The van der Waals surface area contributed by atoms with E-state index in [4.69, 9.17) is 26.6 Å². The van der Waals surface area contributed by atoms with E-state index in [1.54, 1.807) is 6.07 Å². The topological polar surface area (TPSA) is 74.2 Å². The number of nitrogens with zero attached hydrogens (tertiary/aromatic N) is 2. The largest absolute Gasteiger partial charge is 0.379 e. The second-order valence-corrected chi connectivity index (χ2v) is 4.53. The van der Waals surface area contributed by atoms with Gasteiger partial charge in [-0.25, -0.2) is 0 Å². The van der Waals surface area contributed by atoms with Crippen molar-refractivity contribution in [2.24, 2.45) is 5.73 Å². The normalized spacial score (nSPS) is 12.6. The smallest absolute Gasteiger partial charge is 0.259 e. The van der Waals surface area contributed by atoms with Gasteiger partial charge >= 0.3 is 0 Å². The molecule has 0 aliphatic heterocycles. The summed E-state index contributed by atoms with van der Waals surface area (Å²) in [5.74, 6) is 0.789. The first-order chi connectivity index (χ1) is 9.22. The van der Waals surface area contributed by atoms with Crippen molar-refractivity contribution < 1.29 is 9.26 Å². The summed E-state index contributed by atoms with van der Waals surface area (Å²) >= 11 is 6.07. The van der Waals surface area contributed by atoms with Crippen molar-refractivity contribution in [2.45, 2.75) is 19.4 Å². The second-order valence-electron chi connectivity index (χ2n) is 4.12. The van der Waals surface area contributed by atoms with Gasteiger partial charge in [-0.05, 0) is 18.6 Å². The number of rotatable bonds is 6. The van der Waals surface area contributed by atoms with Crippen molar-refractivity contribution in [3.63, 3.8) is 0 Å². The molecular formula is C13H16ClN3O2. The summed E-state index contributed by atoms with van der Waals surface area (Å²) in [7, 11) is 0. The predicted octanol–water partition coefficient (Wildman–Crippen LogP) is 2.82. The van der Waals surface area contributed by atoms with Gasteiger partial charge in [0.15, 0.2) is 5.82 Å². The standard InChI is InChI=1S/C13H16ClN3O2/c1-2-7-18-8-11(15)12-16-13(19-17-12)9-5-3-4-6-10(9)14/h3-6,11H,2,7-8,15H2,1H3. The van der Waals surface area contributed by atoms with E-state index >= 15 is 0 Å². The lowest BCUT2D eigenvalue weighted by Crippen LogP contribution is -2.18. The van der Waals surface area contributed by atoms with Gasteiger partial charge in [-0.3, -0.25) is 0 Å². The Morgan fingerprint density at radius 3 is 2.95 bits per heavy atom. The maximum absolute atomic E-state index is 6.07. The van der Waals surface area contributed by atoms with Gasteiger partial charge in [-0.15, -0.1) is 0 Å².